The van der Waals surface area contributed by atoms with Gasteiger partial charge in [-0.15, -0.1) is 0 Å². The van der Waals surface area contributed by atoms with Gasteiger partial charge in [0.15, 0.2) is 0 Å². The van der Waals surface area contributed by atoms with Gasteiger partial charge in [-0.05, 0) is 11.1 Å². The summed E-state index contributed by atoms with van der Waals surface area (Å²) in [5.74, 6) is -0.280. The van der Waals surface area contributed by atoms with Crippen molar-refractivity contribution in [2.45, 2.75) is 6.92 Å². The van der Waals surface area contributed by atoms with E-state index >= 15 is 0 Å². The van der Waals surface area contributed by atoms with E-state index in [0.29, 0.717) is 0 Å². The molecule has 0 amide bonds. The van der Waals surface area contributed by atoms with Crippen molar-refractivity contribution in [2.24, 2.45) is 0 Å². The highest BCUT2D eigenvalue weighted by atomic mass is 16.5. The number of hydrogen-bond acceptors (Lipinski definition) is 2. The van der Waals surface area contributed by atoms with Crippen molar-refractivity contribution >= 4 is 11.5 Å². The molecule has 0 aliphatic rings. The quantitative estimate of drug-likeness (QED) is 0.660. The zero-order valence-electron chi connectivity index (χ0n) is 7.62. The van der Waals surface area contributed by atoms with Gasteiger partial charge in [-0.1, -0.05) is 36.9 Å². The van der Waals surface area contributed by atoms with E-state index in [2.05, 4.69) is 6.58 Å². The van der Waals surface area contributed by atoms with Crippen molar-refractivity contribution in [3.05, 3.63) is 42.5 Å². The van der Waals surface area contributed by atoms with Crippen LogP contribution in [0.4, 0.5) is 0 Å². The third-order valence-electron chi connectivity index (χ3n) is 1.63. The Morgan fingerprint density at radius 3 is 2.54 bits per heavy atom. The average molecular weight is 176 g/mol. The van der Waals surface area contributed by atoms with E-state index in [0.717, 1.165) is 11.1 Å². The second kappa shape index (κ2) is 4.45. The summed E-state index contributed by atoms with van der Waals surface area (Å²) in [5.41, 5.74) is 1.82. The first kappa shape index (κ1) is 9.52. The Bertz CT molecular complexity index is 301. The minimum atomic E-state index is -0.280. The molecule has 2 heteroatoms. The van der Waals surface area contributed by atoms with Gasteiger partial charge in [0.1, 0.15) is 6.61 Å². The predicted molar refractivity (Wildman–Crippen MR) is 52.1 cm³/mol. The Hall–Kier alpha value is -1.57. The standard InChI is InChI=1S/C11H12O2/c1-9(8-13-10(2)12)11-6-4-3-5-7-11/h3-7H,1,8H2,2H3. The van der Waals surface area contributed by atoms with E-state index < -0.39 is 0 Å². The molecule has 0 aliphatic carbocycles. The van der Waals surface area contributed by atoms with E-state index in [4.69, 9.17) is 4.74 Å². The Morgan fingerprint density at radius 1 is 1.38 bits per heavy atom. The molecule has 1 aromatic carbocycles. The Morgan fingerprint density at radius 2 is 2.00 bits per heavy atom. The lowest BCUT2D eigenvalue weighted by Gasteiger charge is -2.05. The summed E-state index contributed by atoms with van der Waals surface area (Å²) in [6, 6.07) is 9.66. The molecule has 1 aromatic rings. The molecule has 0 aromatic heterocycles. The van der Waals surface area contributed by atoms with Gasteiger partial charge >= 0.3 is 5.97 Å². The molecule has 0 bridgehead atoms. The molecule has 0 radical (unpaired) electrons. The molecule has 2 nitrogen and oxygen atoms in total. The highest BCUT2D eigenvalue weighted by Crippen LogP contribution is 2.11. The number of carbonyl (C=O) groups excluding carboxylic acids is 1. The minimum absolute atomic E-state index is 0.263. The molecule has 0 atom stereocenters. The maximum Gasteiger partial charge on any atom is 0.302 e. The lowest BCUT2D eigenvalue weighted by Crippen LogP contribution is -2.01. The van der Waals surface area contributed by atoms with Crippen LogP contribution in [0.1, 0.15) is 12.5 Å². The van der Waals surface area contributed by atoms with Gasteiger partial charge in [-0.25, -0.2) is 0 Å². The van der Waals surface area contributed by atoms with Crippen LogP contribution in [0.15, 0.2) is 36.9 Å². The van der Waals surface area contributed by atoms with Crippen LogP contribution in [0, 0.1) is 0 Å². The van der Waals surface area contributed by atoms with Crippen LogP contribution < -0.4 is 0 Å². The van der Waals surface area contributed by atoms with Gasteiger partial charge in [-0.2, -0.15) is 0 Å². The molecule has 0 unspecified atom stereocenters. The van der Waals surface area contributed by atoms with Crippen LogP contribution in [-0.2, 0) is 9.53 Å². The van der Waals surface area contributed by atoms with Crippen molar-refractivity contribution < 1.29 is 9.53 Å². The maximum absolute atomic E-state index is 10.5. The van der Waals surface area contributed by atoms with Crippen LogP contribution in [-0.4, -0.2) is 12.6 Å². The summed E-state index contributed by atoms with van der Waals surface area (Å²) in [4.78, 5) is 10.5. The fourth-order valence-electron chi connectivity index (χ4n) is 0.946. The molecule has 13 heavy (non-hydrogen) atoms. The molecule has 0 saturated heterocycles. The van der Waals surface area contributed by atoms with E-state index in [-0.39, 0.29) is 12.6 Å². The predicted octanol–water partition coefficient (Wildman–Crippen LogP) is 2.26. The largest absolute Gasteiger partial charge is 0.461 e. The molecule has 0 fully saturated rings. The summed E-state index contributed by atoms with van der Waals surface area (Å²) >= 11 is 0. The lowest BCUT2D eigenvalue weighted by atomic mass is 10.1. The van der Waals surface area contributed by atoms with E-state index in [1.807, 2.05) is 30.3 Å². The Balaban J connectivity index is 2.54. The van der Waals surface area contributed by atoms with Crippen molar-refractivity contribution in [1.82, 2.24) is 0 Å². The lowest BCUT2D eigenvalue weighted by molar-refractivity contribution is -0.139. The van der Waals surface area contributed by atoms with Crippen LogP contribution in [0.3, 0.4) is 0 Å². The first-order chi connectivity index (χ1) is 6.20. The van der Waals surface area contributed by atoms with Gasteiger partial charge in [0, 0.05) is 6.92 Å². The Labute approximate surface area is 77.8 Å². The zero-order valence-corrected chi connectivity index (χ0v) is 7.62. The molecule has 0 N–H and O–H groups in total. The Kier molecular flexibility index (Phi) is 3.26. The smallest absolute Gasteiger partial charge is 0.302 e. The molecule has 0 heterocycles. The highest BCUT2D eigenvalue weighted by Gasteiger charge is 1.99. The number of ether oxygens (including phenoxy) is 1. The second-order valence-corrected chi connectivity index (χ2v) is 2.75. The number of benzene rings is 1. The topological polar surface area (TPSA) is 26.3 Å². The molecule has 68 valence electrons. The van der Waals surface area contributed by atoms with Crippen LogP contribution in [0.25, 0.3) is 5.57 Å². The fourth-order valence-corrected chi connectivity index (χ4v) is 0.946. The van der Waals surface area contributed by atoms with Gasteiger partial charge in [0.25, 0.3) is 0 Å². The first-order valence-electron chi connectivity index (χ1n) is 4.06. The minimum Gasteiger partial charge on any atom is -0.461 e. The third kappa shape index (κ3) is 3.11. The van der Waals surface area contributed by atoms with Gasteiger partial charge in [-0.3, -0.25) is 4.79 Å². The van der Waals surface area contributed by atoms with Crippen LogP contribution >= 0.6 is 0 Å². The summed E-state index contributed by atoms with van der Waals surface area (Å²) in [5, 5.41) is 0. The van der Waals surface area contributed by atoms with E-state index in [9.17, 15) is 4.79 Å². The van der Waals surface area contributed by atoms with Crippen molar-refractivity contribution in [3.63, 3.8) is 0 Å². The summed E-state index contributed by atoms with van der Waals surface area (Å²) in [7, 11) is 0. The highest BCUT2D eigenvalue weighted by molar-refractivity contribution is 5.70. The molecular weight excluding hydrogens is 164 g/mol. The number of carbonyl (C=O) groups is 1. The molecule has 0 aliphatic heterocycles. The summed E-state index contributed by atoms with van der Waals surface area (Å²) in [6.07, 6.45) is 0. The average Bonchev–Trinajstić information content (AvgIpc) is 2.15. The first-order valence-corrected chi connectivity index (χ1v) is 4.06. The summed E-state index contributed by atoms with van der Waals surface area (Å²) < 4.78 is 4.82. The number of hydrogen-bond donors (Lipinski definition) is 0. The molecule has 1 rings (SSSR count). The van der Waals surface area contributed by atoms with Gasteiger partial charge < -0.3 is 4.74 Å². The maximum atomic E-state index is 10.5. The number of esters is 1. The fraction of sp³-hybridized carbons (Fsp3) is 0.182. The third-order valence-corrected chi connectivity index (χ3v) is 1.63. The van der Waals surface area contributed by atoms with Crippen molar-refractivity contribution in [3.8, 4) is 0 Å². The normalized spacial score (nSPS) is 9.31. The van der Waals surface area contributed by atoms with Gasteiger partial charge in [0.2, 0.25) is 0 Å². The van der Waals surface area contributed by atoms with Gasteiger partial charge in [0.05, 0.1) is 0 Å². The molecule has 0 spiro atoms. The monoisotopic (exact) mass is 176 g/mol. The van der Waals surface area contributed by atoms with E-state index in [1.165, 1.54) is 6.92 Å². The van der Waals surface area contributed by atoms with Crippen LogP contribution in [0.2, 0.25) is 0 Å². The molecule has 0 saturated carbocycles. The van der Waals surface area contributed by atoms with Crippen LogP contribution in [0.5, 0.6) is 0 Å². The van der Waals surface area contributed by atoms with Crippen molar-refractivity contribution in [1.29, 1.82) is 0 Å². The number of rotatable bonds is 3. The van der Waals surface area contributed by atoms with E-state index in [1.54, 1.807) is 0 Å². The summed E-state index contributed by atoms with van der Waals surface area (Å²) in [6.45, 7) is 5.47. The van der Waals surface area contributed by atoms with Crippen molar-refractivity contribution in [2.75, 3.05) is 6.61 Å². The molecular formula is C11H12O2. The second-order valence-electron chi connectivity index (χ2n) is 2.75. The SMILES string of the molecule is C=C(COC(C)=O)c1ccccc1. The zero-order chi connectivity index (χ0) is 9.68.